The van der Waals surface area contributed by atoms with Crippen molar-refractivity contribution >= 4 is 17.9 Å². The molecule has 0 radical (unpaired) electrons. The lowest BCUT2D eigenvalue weighted by Crippen LogP contribution is -2.30. The molecule has 0 rings (SSSR count). The third kappa shape index (κ3) is 47.7. The highest BCUT2D eigenvalue weighted by atomic mass is 16.6. The van der Waals surface area contributed by atoms with Crippen LogP contribution in [-0.4, -0.2) is 37.2 Å². The second kappa shape index (κ2) is 49.5. The Balaban J connectivity index is 4.44. The van der Waals surface area contributed by atoms with Crippen molar-refractivity contribution in [2.75, 3.05) is 13.2 Å². The second-order valence-corrected chi connectivity index (χ2v) is 16.7. The molecule has 0 bridgehead atoms. The molecule has 350 valence electrons. The van der Waals surface area contributed by atoms with E-state index in [1.165, 1.54) is 96.3 Å². The Morgan fingerprint density at radius 1 is 0.344 bits per heavy atom. The van der Waals surface area contributed by atoms with Crippen molar-refractivity contribution in [2.24, 2.45) is 0 Å². The molecule has 0 saturated carbocycles. The number of hydrogen-bond donors (Lipinski definition) is 0. The topological polar surface area (TPSA) is 78.9 Å². The molecule has 6 nitrogen and oxygen atoms in total. The minimum Gasteiger partial charge on any atom is -0.462 e. The van der Waals surface area contributed by atoms with E-state index in [4.69, 9.17) is 14.2 Å². The number of carbonyl (C=O) groups excluding carboxylic acids is 3. The zero-order valence-corrected chi connectivity index (χ0v) is 39.9. The summed E-state index contributed by atoms with van der Waals surface area (Å²) in [5, 5.41) is 0. The van der Waals surface area contributed by atoms with Crippen LogP contribution in [0.25, 0.3) is 0 Å². The van der Waals surface area contributed by atoms with Crippen molar-refractivity contribution in [3.05, 3.63) is 72.9 Å². The Labute approximate surface area is 376 Å². The van der Waals surface area contributed by atoms with Crippen molar-refractivity contribution < 1.29 is 28.6 Å². The van der Waals surface area contributed by atoms with Gasteiger partial charge in [-0.2, -0.15) is 0 Å². The molecule has 0 aromatic rings. The molecule has 0 heterocycles. The molecule has 0 unspecified atom stereocenters. The lowest BCUT2D eigenvalue weighted by Gasteiger charge is -2.18. The zero-order chi connectivity index (χ0) is 44.4. The summed E-state index contributed by atoms with van der Waals surface area (Å²) in [4.78, 5) is 37.9. The first kappa shape index (κ1) is 57.9. The highest BCUT2D eigenvalue weighted by Gasteiger charge is 2.19. The van der Waals surface area contributed by atoms with Gasteiger partial charge in [-0.3, -0.25) is 14.4 Å². The van der Waals surface area contributed by atoms with Gasteiger partial charge in [0.1, 0.15) is 13.2 Å². The van der Waals surface area contributed by atoms with Gasteiger partial charge in [-0.05, 0) is 89.9 Å². The first-order valence-electron chi connectivity index (χ1n) is 25.4. The number of rotatable bonds is 45. The fourth-order valence-electron chi connectivity index (χ4n) is 6.87. The van der Waals surface area contributed by atoms with Crippen molar-refractivity contribution in [1.82, 2.24) is 0 Å². The maximum atomic E-state index is 12.8. The molecule has 1 atom stereocenters. The fraction of sp³-hybridized carbons (Fsp3) is 0.727. The summed E-state index contributed by atoms with van der Waals surface area (Å²) >= 11 is 0. The number of hydrogen-bond acceptors (Lipinski definition) is 6. The third-order valence-corrected chi connectivity index (χ3v) is 10.7. The van der Waals surface area contributed by atoms with Crippen LogP contribution in [0.2, 0.25) is 0 Å². The maximum Gasteiger partial charge on any atom is 0.306 e. The monoisotopic (exact) mass is 851 g/mol. The van der Waals surface area contributed by atoms with Crippen molar-refractivity contribution in [3.63, 3.8) is 0 Å². The lowest BCUT2D eigenvalue weighted by atomic mass is 10.1. The van der Waals surface area contributed by atoms with E-state index in [1.54, 1.807) is 0 Å². The molecule has 0 saturated heterocycles. The summed E-state index contributed by atoms with van der Waals surface area (Å²) < 4.78 is 16.7. The highest BCUT2D eigenvalue weighted by Crippen LogP contribution is 2.14. The molecule has 0 amide bonds. The van der Waals surface area contributed by atoms with E-state index in [9.17, 15) is 14.4 Å². The second-order valence-electron chi connectivity index (χ2n) is 16.7. The maximum absolute atomic E-state index is 12.8. The number of unbranched alkanes of at least 4 members (excludes halogenated alkanes) is 22. The Hall–Kier alpha value is -3.15. The highest BCUT2D eigenvalue weighted by molar-refractivity contribution is 5.71. The lowest BCUT2D eigenvalue weighted by molar-refractivity contribution is -0.167. The van der Waals surface area contributed by atoms with E-state index >= 15 is 0 Å². The Morgan fingerprint density at radius 3 is 1.05 bits per heavy atom. The van der Waals surface area contributed by atoms with Gasteiger partial charge in [0.2, 0.25) is 0 Å². The van der Waals surface area contributed by atoms with Crippen LogP contribution in [0.5, 0.6) is 0 Å². The van der Waals surface area contributed by atoms with E-state index in [1.807, 2.05) is 0 Å². The molecule has 0 fully saturated rings. The van der Waals surface area contributed by atoms with Crippen LogP contribution in [0.1, 0.15) is 239 Å². The first-order valence-corrected chi connectivity index (χ1v) is 25.4. The quantitative estimate of drug-likeness (QED) is 0.0263. The molecular weight excluding hydrogens is 757 g/mol. The molecular formula is C55H94O6. The van der Waals surface area contributed by atoms with Crippen LogP contribution in [0.15, 0.2) is 72.9 Å². The third-order valence-electron chi connectivity index (χ3n) is 10.7. The minimum atomic E-state index is -0.793. The molecule has 0 aliphatic rings. The van der Waals surface area contributed by atoms with Gasteiger partial charge in [-0.25, -0.2) is 0 Å². The van der Waals surface area contributed by atoms with Gasteiger partial charge in [0.25, 0.3) is 0 Å². The average Bonchev–Trinajstić information content (AvgIpc) is 3.26. The van der Waals surface area contributed by atoms with Crippen LogP contribution < -0.4 is 0 Å². The van der Waals surface area contributed by atoms with E-state index in [0.717, 1.165) is 103 Å². The summed E-state index contributed by atoms with van der Waals surface area (Å²) in [6.07, 6.45) is 61.7. The summed E-state index contributed by atoms with van der Waals surface area (Å²) in [5.74, 6) is -0.932. The number of ether oxygens (including phenoxy) is 3. The van der Waals surface area contributed by atoms with Crippen molar-refractivity contribution in [3.8, 4) is 0 Å². The predicted molar refractivity (Wildman–Crippen MR) is 261 cm³/mol. The Bertz CT molecular complexity index is 1160. The minimum absolute atomic E-state index is 0.0901. The first-order chi connectivity index (χ1) is 30.0. The summed E-state index contributed by atoms with van der Waals surface area (Å²) in [7, 11) is 0. The van der Waals surface area contributed by atoms with Crippen LogP contribution in [0, 0.1) is 0 Å². The molecule has 0 aromatic heterocycles. The smallest absolute Gasteiger partial charge is 0.306 e. The van der Waals surface area contributed by atoms with Gasteiger partial charge in [-0.1, -0.05) is 203 Å². The molecule has 61 heavy (non-hydrogen) atoms. The zero-order valence-electron chi connectivity index (χ0n) is 39.9. The summed E-state index contributed by atoms with van der Waals surface area (Å²) in [6.45, 7) is 6.46. The molecule has 0 aliphatic heterocycles. The molecule has 0 spiro atoms. The fourth-order valence-corrected chi connectivity index (χ4v) is 6.87. The van der Waals surface area contributed by atoms with E-state index in [2.05, 4.69) is 93.7 Å². The van der Waals surface area contributed by atoms with Gasteiger partial charge in [0.05, 0.1) is 0 Å². The summed E-state index contributed by atoms with van der Waals surface area (Å²) in [5.41, 5.74) is 0. The van der Waals surface area contributed by atoms with Crippen LogP contribution in [0.3, 0.4) is 0 Å². The Morgan fingerprint density at radius 2 is 0.639 bits per heavy atom. The molecule has 0 aliphatic carbocycles. The number of esters is 3. The van der Waals surface area contributed by atoms with Crippen LogP contribution in [0.4, 0.5) is 0 Å². The summed E-state index contributed by atoms with van der Waals surface area (Å²) in [6, 6.07) is 0. The van der Waals surface area contributed by atoms with Crippen LogP contribution >= 0.6 is 0 Å². The standard InChI is InChI=1S/C55H94O6/c1-4-7-10-13-16-19-22-24-25-26-27-28-29-31-34-37-40-43-46-49-55(58)61-52(50-59-53(56)47-44-41-38-35-32-21-18-15-12-9-6-3)51-60-54(57)48-45-42-39-36-33-30-23-20-17-14-11-8-5-2/h7,10,16,19-20,23-25,27-28,31,34,52H,4-6,8-9,11-15,17-18,21-22,26,29-30,32-33,35-51H2,1-3H3/b10-7-,19-16-,23-20-,25-24-,28-27-,34-31-/t52-/m0/s1. The number of carbonyl (C=O) groups is 3. The largest absolute Gasteiger partial charge is 0.462 e. The van der Waals surface area contributed by atoms with E-state index in [-0.39, 0.29) is 37.5 Å². The van der Waals surface area contributed by atoms with Crippen molar-refractivity contribution in [1.29, 1.82) is 0 Å². The van der Waals surface area contributed by atoms with Crippen LogP contribution in [-0.2, 0) is 28.6 Å². The Kier molecular flexibility index (Phi) is 46.9. The normalized spacial score (nSPS) is 12.6. The van der Waals surface area contributed by atoms with E-state index < -0.39 is 6.10 Å². The van der Waals surface area contributed by atoms with Gasteiger partial charge >= 0.3 is 17.9 Å². The molecule has 6 heteroatoms. The number of allylic oxidation sites excluding steroid dienone is 12. The van der Waals surface area contributed by atoms with Gasteiger partial charge in [0, 0.05) is 19.3 Å². The van der Waals surface area contributed by atoms with Crippen molar-refractivity contribution in [2.45, 2.75) is 245 Å². The molecule has 0 aromatic carbocycles. The van der Waals surface area contributed by atoms with Gasteiger partial charge < -0.3 is 14.2 Å². The molecule has 0 N–H and O–H groups in total. The predicted octanol–water partition coefficient (Wildman–Crippen LogP) is 16.6. The van der Waals surface area contributed by atoms with E-state index in [0.29, 0.717) is 12.8 Å². The van der Waals surface area contributed by atoms with Gasteiger partial charge in [-0.15, -0.1) is 0 Å². The average molecular weight is 851 g/mol. The van der Waals surface area contributed by atoms with Gasteiger partial charge in [0.15, 0.2) is 6.10 Å². The SMILES string of the molecule is CC/C=C\C/C=C\C/C=C\C/C=C\C/C=C\CCCCCC(=O)O[C@H](COC(=O)CCCCCCC/C=C\CCCCCC)COC(=O)CCCCCCCCCCCCC.